The molecular weight excluding hydrogens is 421 g/mol. The fourth-order valence-electron chi connectivity index (χ4n) is 5.15. The Bertz CT molecular complexity index is 1430. The van der Waals surface area contributed by atoms with E-state index in [2.05, 4.69) is 15.2 Å². The van der Waals surface area contributed by atoms with Gasteiger partial charge in [0.1, 0.15) is 29.5 Å². The van der Waals surface area contributed by atoms with Gasteiger partial charge in [-0.1, -0.05) is 0 Å². The molecule has 166 valence electrons. The van der Waals surface area contributed by atoms with Crippen molar-refractivity contribution in [2.75, 3.05) is 13.2 Å². The maximum absolute atomic E-state index is 14.8. The van der Waals surface area contributed by atoms with E-state index in [4.69, 9.17) is 14.5 Å². The lowest BCUT2D eigenvalue weighted by atomic mass is 9.93. The maximum atomic E-state index is 14.8. The zero-order chi connectivity index (χ0) is 22.1. The molecule has 0 radical (unpaired) electrons. The van der Waals surface area contributed by atoms with Gasteiger partial charge in [-0.2, -0.15) is 0 Å². The van der Waals surface area contributed by atoms with Crippen LogP contribution in [-0.4, -0.2) is 37.8 Å². The Morgan fingerprint density at radius 2 is 1.88 bits per heavy atom. The first kappa shape index (κ1) is 19.0. The van der Waals surface area contributed by atoms with Gasteiger partial charge in [0.05, 0.1) is 24.8 Å². The summed E-state index contributed by atoms with van der Waals surface area (Å²) in [7, 11) is 0. The molecule has 1 aromatic carbocycles. The van der Waals surface area contributed by atoms with Crippen LogP contribution in [0.15, 0.2) is 30.7 Å². The maximum Gasteiger partial charge on any atom is 0.169 e. The number of hydrogen-bond donors (Lipinski definition) is 0. The summed E-state index contributed by atoms with van der Waals surface area (Å²) in [5.74, 6) is 2.75. The van der Waals surface area contributed by atoms with E-state index in [0.29, 0.717) is 32.0 Å². The monoisotopic (exact) mass is 443 g/mol. The zero-order valence-electron chi connectivity index (χ0n) is 18.2. The highest BCUT2D eigenvalue weighted by molar-refractivity contribution is 5.80. The van der Waals surface area contributed by atoms with E-state index in [0.717, 1.165) is 69.5 Å². The normalized spacial score (nSPS) is 19.2. The average Bonchev–Trinajstić information content (AvgIpc) is 3.38. The molecule has 4 aromatic rings. The highest BCUT2D eigenvalue weighted by Crippen LogP contribution is 2.42. The molecule has 0 bridgehead atoms. The lowest BCUT2D eigenvalue weighted by Gasteiger charge is -2.16. The van der Waals surface area contributed by atoms with Gasteiger partial charge < -0.3 is 9.47 Å². The molecule has 1 aliphatic carbocycles. The molecule has 1 atom stereocenters. The van der Waals surface area contributed by atoms with Gasteiger partial charge >= 0.3 is 0 Å². The van der Waals surface area contributed by atoms with Crippen molar-refractivity contribution < 1.29 is 13.9 Å². The van der Waals surface area contributed by atoms with Crippen LogP contribution in [0.5, 0.6) is 11.5 Å². The Hall–Kier alpha value is -3.55. The van der Waals surface area contributed by atoms with Crippen LogP contribution in [0.1, 0.15) is 53.0 Å². The molecule has 1 fully saturated rings. The SMILES string of the molecule is Cc1nc(C2CC2)ncc1-c1cc2c(n3cnnc13)CCc1c(F)ccc3c1[C@H](CO3)CO2. The number of hydrogen-bond acceptors (Lipinski definition) is 6. The lowest BCUT2D eigenvalue weighted by Crippen LogP contribution is -2.13. The van der Waals surface area contributed by atoms with Crippen LogP contribution in [0.4, 0.5) is 4.39 Å². The molecule has 0 saturated heterocycles. The molecule has 0 N–H and O–H groups in total. The first-order valence-electron chi connectivity index (χ1n) is 11.4. The molecular formula is C25H22FN5O2. The summed E-state index contributed by atoms with van der Waals surface area (Å²) in [5, 5.41) is 8.58. The third-order valence-corrected chi connectivity index (χ3v) is 7.03. The van der Waals surface area contributed by atoms with Crippen molar-refractivity contribution in [3.05, 3.63) is 64.9 Å². The van der Waals surface area contributed by atoms with Crippen LogP contribution in [-0.2, 0) is 12.8 Å². The van der Waals surface area contributed by atoms with E-state index < -0.39 is 0 Å². The number of halogens is 1. The van der Waals surface area contributed by atoms with Gasteiger partial charge in [0.25, 0.3) is 0 Å². The number of aryl methyl sites for hydroxylation is 2. The molecule has 0 spiro atoms. The van der Waals surface area contributed by atoms with Gasteiger partial charge in [-0.15, -0.1) is 10.2 Å². The second kappa shape index (κ2) is 6.97. The highest BCUT2D eigenvalue weighted by atomic mass is 19.1. The molecule has 8 heteroatoms. The number of pyridine rings is 1. The van der Waals surface area contributed by atoms with Crippen LogP contribution >= 0.6 is 0 Å². The molecule has 7 rings (SSSR count). The zero-order valence-corrected chi connectivity index (χ0v) is 18.2. The molecule has 33 heavy (non-hydrogen) atoms. The quantitative estimate of drug-likeness (QED) is 0.463. The molecule has 0 amide bonds. The Morgan fingerprint density at radius 3 is 2.70 bits per heavy atom. The Kier molecular flexibility index (Phi) is 4.01. The number of nitrogens with zero attached hydrogens (tertiary/aromatic N) is 5. The fourth-order valence-corrected chi connectivity index (χ4v) is 5.15. The molecule has 2 aliphatic heterocycles. The van der Waals surface area contributed by atoms with Gasteiger partial charge in [0.15, 0.2) is 5.65 Å². The molecule has 1 saturated carbocycles. The highest BCUT2D eigenvalue weighted by Gasteiger charge is 2.32. The number of fused-ring (bicyclic) bond motifs is 3. The largest absolute Gasteiger partial charge is 0.493 e. The van der Waals surface area contributed by atoms with Gasteiger partial charge in [-0.05, 0) is 56.4 Å². The summed E-state index contributed by atoms with van der Waals surface area (Å²) >= 11 is 0. The van der Waals surface area contributed by atoms with Crippen molar-refractivity contribution in [3.8, 4) is 22.6 Å². The van der Waals surface area contributed by atoms with Gasteiger partial charge in [0.2, 0.25) is 0 Å². The summed E-state index contributed by atoms with van der Waals surface area (Å²) in [4.78, 5) is 9.40. The first-order chi connectivity index (χ1) is 16.2. The van der Waals surface area contributed by atoms with E-state index in [1.54, 1.807) is 12.4 Å². The van der Waals surface area contributed by atoms with E-state index in [9.17, 15) is 4.39 Å². The summed E-state index contributed by atoms with van der Waals surface area (Å²) < 4.78 is 29.0. The van der Waals surface area contributed by atoms with Gasteiger partial charge in [-0.3, -0.25) is 4.40 Å². The van der Waals surface area contributed by atoms with Crippen molar-refractivity contribution in [1.29, 1.82) is 0 Å². The molecule has 7 nitrogen and oxygen atoms in total. The second-order valence-electron chi connectivity index (χ2n) is 9.15. The standard InChI is InChI=1S/C25H22FN5O2/c1-13-18(9-27-24(29-13)14-2-3-14)17-8-22-20(31-12-28-30-25(17)31)6-4-16-19(26)5-7-21-23(16)15(10-32-21)11-33-22/h5,7-9,12,14-15H,2-4,6,10-11H2,1H3/t15-/m1/s1. The lowest BCUT2D eigenvalue weighted by molar-refractivity contribution is 0.246. The molecule has 0 unspecified atom stereocenters. The minimum absolute atomic E-state index is 0.000367. The summed E-state index contributed by atoms with van der Waals surface area (Å²) in [5.41, 5.74) is 6.05. The number of aromatic nitrogens is 5. The van der Waals surface area contributed by atoms with Crippen molar-refractivity contribution in [2.24, 2.45) is 0 Å². The van der Waals surface area contributed by atoms with E-state index >= 15 is 0 Å². The van der Waals surface area contributed by atoms with Crippen LogP contribution in [0.3, 0.4) is 0 Å². The van der Waals surface area contributed by atoms with Crippen LogP contribution in [0, 0.1) is 12.7 Å². The van der Waals surface area contributed by atoms with E-state index in [1.807, 2.05) is 23.6 Å². The predicted octanol–water partition coefficient (Wildman–Crippen LogP) is 4.16. The van der Waals surface area contributed by atoms with Crippen molar-refractivity contribution in [2.45, 2.75) is 44.4 Å². The second-order valence-corrected chi connectivity index (χ2v) is 9.15. The van der Waals surface area contributed by atoms with E-state index in [1.165, 1.54) is 6.07 Å². The summed E-state index contributed by atoms with van der Waals surface area (Å²) in [6, 6.07) is 5.25. The summed E-state index contributed by atoms with van der Waals surface area (Å²) in [6.45, 7) is 2.92. The summed E-state index contributed by atoms with van der Waals surface area (Å²) in [6.07, 6.45) is 7.07. The molecule has 5 heterocycles. The topological polar surface area (TPSA) is 74.4 Å². The minimum Gasteiger partial charge on any atom is -0.493 e. The smallest absolute Gasteiger partial charge is 0.169 e. The molecule has 3 aromatic heterocycles. The fraction of sp³-hybridized carbons (Fsp3) is 0.360. The van der Waals surface area contributed by atoms with Crippen molar-refractivity contribution >= 4 is 5.65 Å². The Labute approximate surface area is 189 Å². The number of benzene rings is 1. The predicted molar refractivity (Wildman–Crippen MR) is 118 cm³/mol. The third-order valence-electron chi connectivity index (χ3n) is 7.03. The van der Waals surface area contributed by atoms with Crippen LogP contribution in [0.2, 0.25) is 0 Å². The third kappa shape index (κ3) is 2.93. The Balaban J connectivity index is 1.36. The first-order valence-corrected chi connectivity index (χ1v) is 11.4. The van der Waals surface area contributed by atoms with Crippen LogP contribution in [0.25, 0.3) is 16.8 Å². The number of ether oxygens (including phenoxy) is 2. The van der Waals surface area contributed by atoms with Gasteiger partial charge in [0, 0.05) is 34.5 Å². The van der Waals surface area contributed by atoms with E-state index in [-0.39, 0.29) is 11.7 Å². The number of rotatable bonds is 2. The van der Waals surface area contributed by atoms with Crippen molar-refractivity contribution in [1.82, 2.24) is 24.6 Å². The van der Waals surface area contributed by atoms with Crippen LogP contribution < -0.4 is 9.47 Å². The van der Waals surface area contributed by atoms with Crippen molar-refractivity contribution in [3.63, 3.8) is 0 Å². The Morgan fingerprint density at radius 1 is 1.03 bits per heavy atom. The average molecular weight is 443 g/mol. The molecule has 3 aliphatic rings. The minimum atomic E-state index is -0.187. The van der Waals surface area contributed by atoms with Gasteiger partial charge in [-0.25, -0.2) is 14.4 Å².